The fraction of sp³-hybridized carbons (Fsp3) is 0.619. The largest absolute Gasteiger partial charge is 0.493 e. The summed E-state index contributed by atoms with van der Waals surface area (Å²) in [5, 5.41) is 6.70. The van der Waals surface area contributed by atoms with Gasteiger partial charge in [0.15, 0.2) is 5.96 Å². The molecule has 0 saturated heterocycles. The van der Waals surface area contributed by atoms with Gasteiger partial charge in [-0.2, -0.15) is 0 Å². The molecular formula is C21H34IN3O3. The van der Waals surface area contributed by atoms with E-state index in [9.17, 15) is 4.79 Å². The first-order valence-corrected chi connectivity index (χ1v) is 10.1. The molecule has 1 aromatic carbocycles. The summed E-state index contributed by atoms with van der Waals surface area (Å²) in [6.07, 6.45) is 6.53. The SMILES string of the molecule is CCNC(=NCCCCCCC(=O)OC)NCCc1ccc2c(c1)CCO2.I. The van der Waals surface area contributed by atoms with Crippen LogP contribution in [0.4, 0.5) is 0 Å². The van der Waals surface area contributed by atoms with Crippen molar-refractivity contribution in [2.75, 3.05) is 33.4 Å². The van der Waals surface area contributed by atoms with Crippen molar-refractivity contribution in [1.82, 2.24) is 10.6 Å². The van der Waals surface area contributed by atoms with Crippen LogP contribution >= 0.6 is 24.0 Å². The Morgan fingerprint density at radius 1 is 1.21 bits per heavy atom. The Labute approximate surface area is 185 Å². The minimum atomic E-state index is -0.123. The molecule has 0 saturated carbocycles. The first-order valence-electron chi connectivity index (χ1n) is 10.1. The molecule has 2 rings (SSSR count). The number of halogens is 1. The number of hydrogen-bond acceptors (Lipinski definition) is 4. The summed E-state index contributed by atoms with van der Waals surface area (Å²) in [7, 11) is 1.44. The summed E-state index contributed by atoms with van der Waals surface area (Å²) in [4.78, 5) is 15.7. The number of esters is 1. The van der Waals surface area contributed by atoms with Crippen molar-refractivity contribution in [2.24, 2.45) is 4.99 Å². The van der Waals surface area contributed by atoms with E-state index < -0.39 is 0 Å². The van der Waals surface area contributed by atoms with Crippen LogP contribution in [-0.2, 0) is 22.4 Å². The quantitative estimate of drug-likeness (QED) is 0.159. The zero-order chi connectivity index (χ0) is 19.3. The summed E-state index contributed by atoms with van der Waals surface area (Å²) < 4.78 is 10.2. The lowest BCUT2D eigenvalue weighted by molar-refractivity contribution is -0.140. The second kappa shape index (κ2) is 14.5. The highest BCUT2D eigenvalue weighted by molar-refractivity contribution is 14.0. The number of methoxy groups -OCH3 is 1. The van der Waals surface area contributed by atoms with Gasteiger partial charge in [0.1, 0.15) is 5.75 Å². The lowest BCUT2D eigenvalue weighted by Crippen LogP contribution is -2.38. The number of fused-ring (bicyclic) bond motifs is 1. The van der Waals surface area contributed by atoms with Crippen molar-refractivity contribution in [1.29, 1.82) is 0 Å². The van der Waals surface area contributed by atoms with Gasteiger partial charge in [0, 0.05) is 32.5 Å². The van der Waals surface area contributed by atoms with Crippen molar-refractivity contribution in [3.63, 3.8) is 0 Å². The predicted molar refractivity (Wildman–Crippen MR) is 124 cm³/mol. The highest BCUT2D eigenvalue weighted by Crippen LogP contribution is 2.25. The molecule has 0 atom stereocenters. The molecule has 2 N–H and O–H groups in total. The molecule has 0 spiro atoms. The van der Waals surface area contributed by atoms with E-state index in [1.165, 1.54) is 18.2 Å². The Hall–Kier alpha value is -1.51. The maximum atomic E-state index is 11.1. The third-order valence-electron chi connectivity index (χ3n) is 4.59. The predicted octanol–water partition coefficient (Wildman–Crippen LogP) is 3.46. The van der Waals surface area contributed by atoms with E-state index in [-0.39, 0.29) is 29.9 Å². The van der Waals surface area contributed by atoms with Gasteiger partial charge in [-0.25, -0.2) is 0 Å². The third kappa shape index (κ3) is 9.12. The van der Waals surface area contributed by atoms with Gasteiger partial charge in [0.25, 0.3) is 0 Å². The molecule has 1 heterocycles. The average molecular weight is 503 g/mol. The first-order chi connectivity index (χ1) is 13.2. The molecule has 28 heavy (non-hydrogen) atoms. The van der Waals surface area contributed by atoms with Crippen molar-refractivity contribution in [3.05, 3.63) is 29.3 Å². The normalized spacial score (nSPS) is 12.6. The number of nitrogens with one attached hydrogen (secondary N) is 2. The topological polar surface area (TPSA) is 72.0 Å². The Morgan fingerprint density at radius 2 is 2.04 bits per heavy atom. The minimum absolute atomic E-state index is 0. The van der Waals surface area contributed by atoms with Gasteiger partial charge in [-0.15, -0.1) is 24.0 Å². The number of rotatable bonds is 11. The molecule has 158 valence electrons. The van der Waals surface area contributed by atoms with Gasteiger partial charge < -0.3 is 20.1 Å². The third-order valence-corrected chi connectivity index (χ3v) is 4.59. The van der Waals surface area contributed by atoms with Crippen molar-refractivity contribution in [2.45, 2.75) is 51.9 Å². The first kappa shape index (κ1) is 24.5. The monoisotopic (exact) mass is 503 g/mol. The number of benzene rings is 1. The molecule has 1 aromatic rings. The van der Waals surface area contributed by atoms with E-state index >= 15 is 0 Å². The van der Waals surface area contributed by atoms with E-state index in [2.05, 4.69) is 45.5 Å². The van der Waals surface area contributed by atoms with Crippen LogP contribution in [0.2, 0.25) is 0 Å². The van der Waals surface area contributed by atoms with Crippen LogP contribution in [0, 0.1) is 0 Å². The van der Waals surface area contributed by atoms with Gasteiger partial charge in [-0.1, -0.05) is 25.0 Å². The number of aliphatic imine (C=N–C) groups is 1. The average Bonchev–Trinajstić information content (AvgIpc) is 3.14. The van der Waals surface area contributed by atoms with Gasteiger partial charge in [0.05, 0.1) is 13.7 Å². The van der Waals surface area contributed by atoms with Crippen LogP contribution in [0.1, 0.15) is 50.2 Å². The Bertz CT molecular complexity index is 623. The second-order valence-electron chi connectivity index (χ2n) is 6.72. The summed E-state index contributed by atoms with van der Waals surface area (Å²) in [6, 6.07) is 6.48. The fourth-order valence-electron chi connectivity index (χ4n) is 3.09. The minimum Gasteiger partial charge on any atom is -0.493 e. The molecule has 0 aromatic heterocycles. The molecule has 0 amide bonds. The zero-order valence-corrected chi connectivity index (χ0v) is 19.4. The van der Waals surface area contributed by atoms with Crippen LogP contribution in [0.15, 0.2) is 23.2 Å². The standard InChI is InChI=1S/C21H33N3O3.HI/c1-3-22-21(23-13-7-5-4-6-8-20(25)26-2)24-14-11-17-9-10-19-18(16-17)12-15-27-19;/h9-10,16H,3-8,11-15H2,1-2H3,(H2,22,23,24);1H. The number of ether oxygens (including phenoxy) is 2. The summed E-state index contributed by atoms with van der Waals surface area (Å²) in [5.74, 6) is 1.78. The van der Waals surface area contributed by atoms with Gasteiger partial charge in [-0.3, -0.25) is 9.79 Å². The molecule has 6 nitrogen and oxygen atoms in total. The highest BCUT2D eigenvalue weighted by Gasteiger charge is 2.11. The lowest BCUT2D eigenvalue weighted by Gasteiger charge is -2.11. The summed E-state index contributed by atoms with van der Waals surface area (Å²) in [5.41, 5.74) is 2.65. The van der Waals surface area contributed by atoms with Crippen LogP contribution in [0.3, 0.4) is 0 Å². The number of unbranched alkanes of at least 4 members (excludes halogenated alkanes) is 3. The zero-order valence-electron chi connectivity index (χ0n) is 17.1. The Kier molecular flexibility index (Phi) is 12.7. The molecule has 7 heteroatoms. The van der Waals surface area contributed by atoms with Crippen LogP contribution in [0.25, 0.3) is 0 Å². The van der Waals surface area contributed by atoms with E-state index in [4.69, 9.17) is 4.74 Å². The van der Waals surface area contributed by atoms with E-state index in [1.54, 1.807) is 0 Å². The smallest absolute Gasteiger partial charge is 0.305 e. The number of hydrogen-bond donors (Lipinski definition) is 2. The maximum Gasteiger partial charge on any atom is 0.305 e. The molecular weight excluding hydrogens is 469 g/mol. The van der Waals surface area contributed by atoms with Gasteiger partial charge in [-0.05, 0) is 43.4 Å². The van der Waals surface area contributed by atoms with Crippen LogP contribution in [0.5, 0.6) is 5.75 Å². The van der Waals surface area contributed by atoms with Crippen molar-refractivity contribution < 1.29 is 14.3 Å². The second-order valence-corrected chi connectivity index (χ2v) is 6.72. The fourth-order valence-corrected chi connectivity index (χ4v) is 3.09. The maximum absolute atomic E-state index is 11.1. The molecule has 1 aliphatic rings. The lowest BCUT2D eigenvalue weighted by atomic mass is 10.1. The molecule has 0 radical (unpaired) electrons. The van der Waals surface area contributed by atoms with Gasteiger partial charge in [0.2, 0.25) is 0 Å². The number of carbonyl (C=O) groups is 1. The van der Waals surface area contributed by atoms with Gasteiger partial charge >= 0.3 is 5.97 Å². The van der Waals surface area contributed by atoms with E-state index in [0.29, 0.717) is 6.42 Å². The number of guanidine groups is 1. The van der Waals surface area contributed by atoms with E-state index in [1.807, 2.05) is 0 Å². The molecule has 0 fully saturated rings. The van der Waals surface area contributed by atoms with Crippen molar-refractivity contribution >= 4 is 35.9 Å². The molecule has 0 unspecified atom stereocenters. The van der Waals surface area contributed by atoms with Crippen LogP contribution < -0.4 is 15.4 Å². The number of nitrogens with zero attached hydrogens (tertiary/aromatic N) is 1. The molecule has 1 aliphatic heterocycles. The Balaban J connectivity index is 0.00000392. The number of carbonyl (C=O) groups excluding carboxylic acids is 1. The Morgan fingerprint density at radius 3 is 2.82 bits per heavy atom. The van der Waals surface area contributed by atoms with E-state index in [0.717, 1.165) is 76.5 Å². The highest BCUT2D eigenvalue weighted by atomic mass is 127. The van der Waals surface area contributed by atoms with Crippen LogP contribution in [-0.4, -0.2) is 45.3 Å². The molecule has 0 bridgehead atoms. The summed E-state index contributed by atoms with van der Waals surface area (Å²) in [6.45, 7) is 5.37. The summed E-state index contributed by atoms with van der Waals surface area (Å²) >= 11 is 0. The molecule has 0 aliphatic carbocycles. The van der Waals surface area contributed by atoms with Crippen molar-refractivity contribution in [3.8, 4) is 5.75 Å².